The van der Waals surface area contributed by atoms with E-state index >= 15 is 0 Å². The second-order valence-corrected chi connectivity index (χ2v) is 3.10. The minimum Gasteiger partial charge on any atom is -0.464 e. The lowest BCUT2D eigenvalue weighted by atomic mass is 10.2. The summed E-state index contributed by atoms with van der Waals surface area (Å²) in [6, 6.07) is 0.123. The van der Waals surface area contributed by atoms with Gasteiger partial charge in [0.2, 0.25) is 0 Å². The van der Waals surface area contributed by atoms with E-state index in [1.165, 1.54) is 18.3 Å². The number of hydrazine groups is 1. The molecule has 0 aliphatic heterocycles. The normalized spacial score (nSPS) is 21.0. The first-order chi connectivity index (χ1) is 6.65. The number of hydrogen-bond acceptors (Lipinski definition) is 5. The van der Waals surface area contributed by atoms with Gasteiger partial charge in [-0.05, 0) is 12.8 Å². The maximum absolute atomic E-state index is 10.9. The van der Waals surface area contributed by atoms with Crippen molar-refractivity contribution in [1.82, 2.24) is 5.01 Å². The minimum atomic E-state index is -0.567. The molecule has 5 heteroatoms. The Kier molecular flexibility index (Phi) is 3.53. The van der Waals surface area contributed by atoms with Crippen LogP contribution in [0, 0.1) is 0 Å². The van der Waals surface area contributed by atoms with Crippen LogP contribution in [0.4, 0.5) is 0 Å². The Balaban J connectivity index is 2.57. The van der Waals surface area contributed by atoms with Crippen molar-refractivity contribution in [2.75, 3.05) is 7.11 Å². The molecule has 0 spiro atoms. The molecule has 1 aliphatic rings. The van der Waals surface area contributed by atoms with Crippen LogP contribution in [0.15, 0.2) is 24.0 Å². The molecule has 0 heterocycles. The summed E-state index contributed by atoms with van der Waals surface area (Å²) < 4.78 is 4.44. The van der Waals surface area contributed by atoms with Gasteiger partial charge in [0.25, 0.3) is 0 Å². The van der Waals surface area contributed by atoms with Gasteiger partial charge in [-0.25, -0.2) is 10.6 Å². The summed E-state index contributed by atoms with van der Waals surface area (Å²) in [5, 5.41) is 1.43. The predicted octanol–water partition coefficient (Wildman–Crippen LogP) is -0.146. The summed E-state index contributed by atoms with van der Waals surface area (Å²) in [7, 11) is 1.28. The van der Waals surface area contributed by atoms with Gasteiger partial charge in [0.05, 0.1) is 13.2 Å². The van der Waals surface area contributed by atoms with E-state index in [9.17, 15) is 4.79 Å². The third-order valence-corrected chi connectivity index (χ3v) is 2.08. The second kappa shape index (κ2) is 4.66. The largest absolute Gasteiger partial charge is 0.464 e. The highest BCUT2D eigenvalue weighted by Crippen LogP contribution is 2.13. The van der Waals surface area contributed by atoms with E-state index in [4.69, 9.17) is 11.6 Å². The molecule has 1 aliphatic carbocycles. The van der Waals surface area contributed by atoms with E-state index in [0.29, 0.717) is 0 Å². The van der Waals surface area contributed by atoms with Crippen molar-refractivity contribution < 1.29 is 9.53 Å². The highest BCUT2D eigenvalue weighted by atomic mass is 16.5. The minimum absolute atomic E-state index is 0.00954. The first-order valence-electron chi connectivity index (χ1n) is 4.40. The number of hydrogen-bond donors (Lipinski definition) is 2. The molecule has 5 nitrogen and oxygen atoms in total. The molecular formula is C9H15N3O2. The molecule has 0 aromatic carbocycles. The Morgan fingerprint density at radius 2 is 2.43 bits per heavy atom. The molecule has 0 fully saturated rings. The zero-order valence-electron chi connectivity index (χ0n) is 8.14. The molecule has 0 saturated carbocycles. The molecule has 0 amide bonds. The van der Waals surface area contributed by atoms with Gasteiger partial charge in [-0.2, -0.15) is 0 Å². The standard InChI is InChI=1S/C9H15N3O2/c1-14-9(13)8(10)6-12(11)7-4-2-3-5-7/h2,4,6-7H,3,5,10-11H2,1H3/b8-6-. The lowest BCUT2D eigenvalue weighted by Crippen LogP contribution is -2.35. The van der Waals surface area contributed by atoms with Gasteiger partial charge in [0.1, 0.15) is 5.70 Å². The summed E-state index contributed by atoms with van der Waals surface area (Å²) in [6.07, 6.45) is 7.38. The third kappa shape index (κ3) is 2.50. The Hall–Kier alpha value is -1.49. The number of allylic oxidation sites excluding steroid dienone is 1. The highest BCUT2D eigenvalue weighted by molar-refractivity contribution is 5.87. The fraction of sp³-hybridized carbons (Fsp3) is 0.444. The van der Waals surface area contributed by atoms with Crippen molar-refractivity contribution in [2.45, 2.75) is 18.9 Å². The van der Waals surface area contributed by atoms with Gasteiger partial charge < -0.3 is 15.5 Å². The van der Waals surface area contributed by atoms with E-state index in [1.54, 1.807) is 0 Å². The number of carbonyl (C=O) groups excluding carboxylic acids is 1. The van der Waals surface area contributed by atoms with Gasteiger partial charge in [0, 0.05) is 6.20 Å². The Morgan fingerprint density at radius 1 is 1.71 bits per heavy atom. The lowest BCUT2D eigenvalue weighted by molar-refractivity contribution is -0.136. The summed E-state index contributed by atoms with van der Waals surface area (Å²) >= 11 is 0. The molecular weight excluding hydrogens is 182 g/mol. The first kappa shape index (κ1) is 10.6. The molecule has 1 unspecified atom stereocenters. The van der Waals surface area contributed by atoms with E-state index in [0.717, 1.165) is 12.8 Å². The van der Waals surface area contributed by atoms with Crippen molar-refractivity contribution in [1.29, 1.82) is 0 Å². The quantitative estimate of drug-likeness (QED) is 0.216. The van der Waals surface area contributed by atoms with Crippen LogP contribution in [0.25, 0.3) is 0 Å². The second-order valence-electron chi connectivity index (χ2n) is 3.10. The van der Waals surface area contributed by atoms with Crippen LogP contribution in [0.2, 0.25) is 0 Å². The molecule has 0 aromatic heterocycles. The summed E-state index contributed by atoms with van der Waals surface area (Å²) in [4.78, 5) is 10.9. The molecule has 78 valence electrons. The molecule has 0 radical (unpaired) electrons. The monoisotopic (exact) mass is 197 g/mol. The fourth-order valence-corrected chi connectivity index (χ4v) is 1.29. The molecule has 1 rings (SSSR count). The smallest absolute Gasteiger partial charge is 0.355 e. The fourth-order valence-electron chi connectivity index (χ4n) is 1.29. The molecule has 14 heavy (non-hydrogen) atoms. The van der Waals surface area contributed by atoms with E-state index in [1.807, 2.05) is 12.2 Å². The van der Waals surface area contributed by atoms with Crippen molar-refractivity contribution in [3.8, 4) is 0 Å². The summed E-state index contributed by atoms with van der Waals surface area (Å²) in [5.41, 5.74) is 5.45. The van der Waals surface area contributed by atoms with Crippen LogP contribution in [0.3, 0.4) is 0 Å². The van der Waals surface area contributed by atoms with Crippen molar-refractivity contribution in [2.24, 2.45) is 11.6 Å². The van der Waals surface area contributed by atoms with E-state index < -0.39 is 5.97 Å². The maximum atomic E-state index is 10.9. The van der Waals surface area contributed by atoms with Gasteiger partial charge >= 0.3 is 5.97 Å². The van der Waals surface area contributed by atoms with Crippen LogP contribution in [0.5, 0.6) is 0 Å². The Morgan fingerprint density at radius 3 is 2.93 bits per heavy atom. The summed E-state index contributed by atoms with van der Waals surface area (Å²) in [6.45, 7) is 0. The number of carbonyl (C=O) groups is 1. The van der Waals surface area contributed by atoms with E-state index in [2.05, 4.69) is 4.74 Å². The van der Waals surface area contributed by atoms with Gasteiger partial charge in [-0.1, -0.05) is 12.2 Å². The summed E-state index contributed by atoms with van der Waals surface area (Å²) in [5.74, 6) is 5.12. The van der Waals surface area contributed by atoms with E-state index in [-0.39, 0.29) is 11.7 Å². The Bertz CT molecular complexity index is 273. The number of nitrogens with zero attached hydrogens (tertiary/aromatic N) is 1. The van der Waals surface area contributed by atoms with Gasteiger partial charge in [-0.15, -0.1) is 0 Å². The molecule has 1 atom stereocenters. The average Bonchev–Trinajstić information content (AvgIpc) is 2.69. The highest BCUT2D eigenvalue weighted by Gasteiger charge is 2.14. The number of ether oxygens (including phenoxy) is 1. The molecule has 0 aromatic rings. The maximum Gasteiger partial charge on any atom is 0.355 e. The van der Waals surface area contributed by atoms with Crippen molar-refractivity contribution in [3.05, 3.63) is 24.0 Å². The zero-order chi connectivity index (χ0) is 10.6. The van der Waals surface area contributed by atoms with Crippen LogP contribution in [-0.2, 0) is 9.53 Å². The van der Waals surface area contributed by atoms with Crippen molar-refractivity contribution >= 4 is 5.97 Å². The lowest BCUT2D eigenvalue weighted by Gasteiger charge is -2.20. The van der Waals surface area contributed by atoms with Crippen LogP contribution in [-0.4, -0.2) is 24.1 Å². The SMILES string of the molecule is COC(=O)/C(N)=C/N(N)C1C=CCC1. The van der Waals surface area contributed by atoms with Gasteiger partial charge in [0.15, 0.2) is 0 Å². The average molecular weight is 197 g/mol. The zero-order valence-corrected chi connectivity index (χ0v) is 8.14. The predicted molar refractivity (Wildman–Crippen MR) is 52.5 cm³/mol. The van der Waals surface area contributed by atoms with Crippen LogP contribution < -0.4 is 11.6 Å². The molecule has 4 N–H and O–H groups in total. The Labute approximate surface area is 83.0 Å². The first-order valence-corrected chi connectivity index (χ1v) is 4.40. The number of esters is 1. The molecule has 0 bridgehead atoms. The van der Waals surface area contributed by atoms with Crippen LogP contribution >= 0.6 is 0 Å². The van der Waals surface area contributed by atoms with Crippen LogP contribution in [0.1, 0.15) is 12.8 Å². The van der Waals surface area contributed by atoms with Crippen molar-refractivity contribution in [3.63, 3.8) is 0 Å². The third-order valence-electron chi connectivity index (χ3n) is 2.08. The number of methoxy groups -OCH3 is 1. The number of nitrogens with two attached hydrogens (primary N) is 2. The molecule has 0 saturated heterocycles. The number of rotatable bonds is 3. The van der Waals surface area contributed by atoms with Gasteiger partial charge in [-0.3, -0.25) is 0 Å². The topological polar surface area (TPSA) is 81.6 Å².